The fourth-order valence-electron chi connectivity index (χ4n) is 3.34. The van der Waals surface area contributed by atoms with Crippen molar-refractivity contribution in [2.75, 3.05) is 19.7 Å². The topological polar surface area (TPSA) is 49.8 Å². The molecule has 1 N–H and O–H groups in total. The van der Waals surface area contributed by atoms with Crippen molar-refractivity contribution in [1.82, 2.24) is 4.90 Å². The number of carbonyl (C=O) groups excluding carboxylic acids is 1. The van der Waals surface area contributed by atoms with Gasteiger partial charge >= 0.3 is 6.09 Å². The summed E-state index contributed by atoms with van der Waals surface area (Å²) < 4.78 is 5.42. The zero-order valence-corrected chi connectivity index (χ0v) is 14.4. The van der Waals surface area contributed by atoms with Crippen molar-refractivity contribution in [3.63, 3.8) is 0 Å². The molecule has 1 aliphatic heterocycles. The second-order valence-electron chi connectivity index (χ2n) is 6.52. The summed E-state index contributed by atoms with van der Waals surface area (Å²) in [4.78, 5) is 14.0. The van der Waals surface area contributed by atoms with Crippen LogP contribution in [0.5, 0.6) is 0 Å². The normalized spacial score (nSPS) is 15.2. The van der Waals surface area contributed by atoms with E-state index >= 15 is 0 Å². The van der Waals surface area contributed by atoms with Crippen molar-refractivity contribution in [2.24, 2.45) is 0 Å². The van der Waals surface area contributed by atoms with E-state index in [0.717, 1.165) is 31.5 Å². The smallest absolute Gasteiger partial charge is 0.410 e. The van der Waals surface area contributed by atoms with Crippen LogP contribution in [0.25, 0.3) is 0 Å². The van der Waals surface area contributed by atoms with Gasteiger partial charge in [0.2, 0.25) is 0 Å². The van der Waals surface area contributed by atoms with Gasteiger partial charge in [0.25, 0.3) is 0 Å². The number of rotatable bonds is 5. The molecular weight excluding hydrogens is 314 g/mol. The molecule has 0 aromatic heterocycles. The van der Waals surface area contributed by atoms with Crippen molar-refractivity contribution >= 4 is 6.09 Å². The minimum absolute atomic E-state index is 0.176. The van der Waals surface area contributed by atoms with Gasteiger partial charge in [0.1, 0.15) is 6.61 Å². The molecule has 1 fully saturated rings. The number of hydrogen-bond donors (Lipinski definition) is 1. The van der Waals surface area contributed by atoms with Crippen LogP contribution < -0.4 is 0 Å². The Kier molecular flexibility index (Phi) is 6.07. The molecule has 0 atom stereocenters. The number of piperidine rings is 1. The van der Waals surface area contributed by atoms with Gasteiger partial charge in [-0.05, 0) is 41.9 Å². The summed E-state index contributed by atoms with van der Waals surface area (Å²) in [7, 11) is 0. The lowest BCUT2D eigenvalue weighted by atomic mass is 9.88. The summed E-state index contributed by atoms with van der Waals surface area (Å²) in [5.41, 5.74) is 3.49. The summed E-state index contributed by atoms with van der Waals surface area (Å²) in [6.45, 7) is 1.95. The molecule has 0 unspecified atom stereocenters. The molecule has 1 aliphatic rings. The van der Waals surface area contributed by atoms with E-state index in [0.29, 0.717) is 18.9 Å². The molecular formula is C21H25NO3. The number of carbonyl (C=O) groups is 1. The Morgan fingerprint density at radius 1 is 1.04 bits per heavy atom. The molecule has 1 saturated heterocycles. The van der Waals surface area contributed by atoms with Crippen LogP contribution in [0.2, 0.25) is 0 Å². The van der Waals surface area contributed by atoms with E-state index in [-0.39, 0.29) is 12.7 Å². The molecule has 0 saturated carbocycles. The van der Waals surface area contributed by atoms with Crippen LogP contribution in [0.4, 0.5) is 4.79 Å². The second kappa shape index (κ2) is 8.67. The lowest BCUT2D eigenvalue weighted by Gasteiger charge is -2.31. The number of likely N-dealkylation sites (tertiary alicyclic amines) is 1. The van der Waals surface area contributed by atoms with Gasteiger partial charge in [-0.25, -0.2) is 4.79 Å². The van der Waals surface area contributed by atoms with Gasteiger partial charge < -0.3 is 14.7 Å². The Morgan fingerprint density at radius 3 is 2.48 bits per heavy atom. The first kappa shape index (κ1) is 17.5. The average molecular weight is 339 g/mol. The van der Waals surface area contributed by atoms with Crippen LogP contribution in [-0.4, -0.2) is 35.8 Å². The molecule has 1 amide bonds. The molecule has 3 rings (SSSR count). The van der Waals surface area contributed by atoms with Crippen LogP contribution in [0.3, 0.4) is 0 Å². The van der Waals surface area contributed by atoms with E-state index in [1.807, 2.05) is 30.3 Å². The SMILES string of the molecule is O=C(OCc1ccccc1)N1CCC(c2cccc(CCO)c2)CC1. The molecule has 4 heteroatoms. The first-order valence-corrected chi connectivity index (χ1v) is 8.91. The first-order chi connectivity index (χ1) is 12.3. The van der Waals surface area contributed by atoms with E-state index in [2.05, 4.69) is 24.3 Å². The Bertz CT molecular complexity index is 679. The Labute approximate surface area is 149 Å². The molecule has 0 bridgehead atoms. The van der Waals surface area contributed by atoms with E-state index in [1.54, 1.807) is 4.90 Å². The molecule has 0 radical (unpaired) electrons. The summed E-state index contributed by atoms with van der Waals surface area (Å²) in [5.74, 6) is 0.469. The van der Waals surface area contributed by atoms with Crippen molar-refractivity contribution in [3.05, 3.63) is 71.3 Å². The largest absolute Gasteiger partial charge is 0.445 e. The number of aliphatic hydroxyl groups excluding tert-OH is 1. The highest BCUT2D eigenvalue weighted by molar-refractivity contribution is 5.67. The van der Waals surface area contributed by atoms with E-state index in [4.69, 9.17) is 9.84 Å². The highest BCUT2D eigenvalue weighted by atomic mass is 16.6. The highest BCUT2D eigenvalue weighted by Crippen LogP contribution is 2.29. The van der Waals surface area contributed by atoms with Crippen LogP contribution in [0.15, 0.2) is 54.6 Å². The third-order valence-corrected chi connectivity index (χ3v) is 4.78. The van der Waals surface area contributed by atoms with Gasteiger partial charge in [-0.1, -0.05) is 54.6 Å². The number of ether oxygens (including phenoxy) is 1. The zero-order valence-electron chi connectivity index (χ0n) is 14.4. The molecule has 2 aromatic carbocycles. The maximum Gasteiger partial charge on any atom is 0.410 e. The van der Waals surface area contributed by atoms with Gasteiger partial charge in [0.15, 0.2) is 0 Å². The molecule has 0 aliphatic carbocycles. The van der Waals surface area contributed by atoms with Gasteiger partial charge in [-0.3, -0.25) is 0 Å². The third-order valence-electron chi connectivity index (χ3n) is 4.78. The van der Waals surface area contributed by atoms with Gasteiger partial charge in [0, 0.05) is 19.7 Å². The van der Waals surface area contributed by atoms with E-state index < -0.39 is 0 Å². The minimum Gasteiger partial charge on any atom is -0.445 e. The van der Waals surface area contributed by atoms with E-state index in [9.17, 15) is 4.79 Å². The maximum absolute atomic E-state index is 12.2. The molecule has 2 aromatic rings. The van der Waals surface area contributed by atoms with E-state index in [1.165, 1.54) is 11.1 Å². The maximum atomic E-state index is 12.2. The molecule has 1 heterocycles. The predicted octanol–water partition coefficient (Wildman–Crippen LogP) is 3.74. The monoisotopic (exact) mass is 339 g/mol. The van der Waals surface area contributed by atoms with Crippen molar-refractivity contribution < 1.29 is 14.6 Å². The third kappa shape index (κ3) is 4.83. The van der Waals surface area contributed by atoms with Crippen molar-refractivity contribution in [3.8, 4) is 0 Å². The first-order valence-electron chi connectivity index (χ1n) is 8.91. The Morgan fingerprint density at radius 2 is 1.76 bits per heavy atom. The van der Waals surface area contributed by atoms with Crippen LogP contribution >= 0.6 is 0 Å². The fraction of sp³-hybridized carbons (Fsp3) is 0.381. The second-order valence-corrected chi connectivity index (χ2v) is 6.52. The number of nitrogens with zero attached hydrogens (tertiary/aromatic N) is 1. The van der Waals surface area contributed by atoms with Crippen molar-refractivity contribution in [2.45, 2.75) is 31.8 Å². The standard InChI is InChI=1S/C21H25NO3/c23-14-11-17-7-4-8-20(15-17)19-9-12-22(13-10-19)21(24)25-16-18-5-2-1-3-6-18/h1-8,15,19,23H,9-14,16H2. The molecule has 0 spiro atoms. The van der Waals surface area contributed by atoms with Gasteiger partial charge in [0.05, 0.1) is 0 Å². The summed E-state index contributed by atoms with van der Waals surface area (Å²) in [6.07, 6.45) is 2.36. The number of hydrogen-bond acceptors (Lipinski definition) is 3. The van der Waals surface area contributed by atoms with Crippen molar-refractivity contribution in [1.29, 1.82) is 0 Å². The predicted molar refractivity (Wildman–Crippen MR) is 97.4 cm³/mol. The molecule has 132 valence electrons. The fourth-order valence-corrected chi connectivity index (χ4v) is 3.34. The number of aliphatic hydroxyl groups is 1. The van der Waals surface area contributed by atoms with Gasteiger partial charge in [-0.2, -0.15) is 0 Å². The highest BCUT2D eigenvalue weighted by Gasteiger charge is 2.24. The summed E-state index contributed by atoms with van der Waals surface area (Å²) >= 11 is 0. The lowest BCUT2D eigenvalue weighted by Crippen LogP contribution is -2.38. The van der Waals surface area contributed by atoms with Crippen LogP contribution in [0.1, 0.15) is 35.4 Å². The zero-order chi connectivity index (χ0) is 17.5. The summed E-state index contributed by atoms with van der Waals surface area (Å²) in [5, 5.41) is 9.09. The van der Waals surface area contributed by atoms with Gasteiger partial charge in [-0.15, -0.1) is 0 Å². The number of amides is 1. The Balaban J connectivity index is 1.49. The molecule has 4 nitrogen and oxygen atoms in total. The summed E-state index contributed by atoms with van der Waals surface area (Å²) in [6, 6.07) is 18.2. The molecule has 25 heavy (non-hydrogen) atoms. The van der Waals surface area contributed by atoms with Crippen LogP contribution in [0, 0.1) is 0 Å². The number of benzene rings is 2. The average Bonchev–Trinajstić information content (AvgIpc) is 2.67. The van der Waals surface area contributed by atoms with Crippen LogP contribution in [-0.2, 0) is 17.8 Å². The Hall–Kier alpha value is -2.33. The lowest BCUT2D eigenvalue weighted by molar-refractivity contribution is 0.0870. The minimum atomic E-state index is -0.226. The quantitative estimate of drug-likeness (QED) is 0.903.